The predicted molar refractivity (Wildman–Crippen MR) is 79.9 cm³/mol. The fourth-order valence-corrected chi connectivity index (χ4v) is 2.39. The molecule has 0 aliphatic heterocycles. The van der Waals surface area contributed by atoms with Gasteiger partial charge in [-0.2, -0.15) is 0 Å². The van der Waals surface area contributed by atoms with Gasteiger partial charge in [0.15, 0.2) is 0 Å². The summed E-state index contributed by atoms with van der Waals surface area (Å²) < 4.78 is 11.3. The van der Waals surface area contributed by atoms with Crippen molar-refractivity contribution in [2.45, 2.75) is 26.9 Å². The van der Waals surface area contributed by atoms with Crippen LogP contribution >= 0.6 is 0 Å². The summed E-state index contributed by atoms with van der Waals surface area (Å²) in [6, 6.07) is 9.78. The van der Waals surface area contributed by atoms with Gasteiger partial charge < -0.3 is 8.84 Å². The Morgan fingerprint density at radius 3 is 2.63 bits per heavy atom. The molecular weight excluding hydrogens is 254 g/mol. The Bertz CT molecular complexity index is 574. The number of hydrogen-bond acceptors (Lipinski definition) is 3. The minimum Gasteiger partial charge on any atom is -0.541 e. The SMILES string of the molecule is CC(=Nc1c(C)cccc1O[Si](C)C)c1ccco1. The fourth-order valence-electron chi connectivity index (χ4n) is 1.78. The summed E-state index contributed by atoms with van der Waals surface area (Å²) >= 11 is 0. The smallest absolute Gasteiger partial charge is 0.274 e. The molecule has 3 nitrogen and oxygen atoms in total. The van der Waals surface area contributed by atoms with Crippen LogP contribution in [-0.4, -0.2) is 14.8 Å². The molecule has 0 unspecified atom stereocenters. The molecule has 0 bridgehead atoms. The van der Waals surface area contributed by atoms with E-state index in [1.165, 1.54) is 0 Å². The van der Waals surface area contributed by atoms with Crippen LogP contribution in [0.2, 0.25) is 13.1 Å². The van der Waals surface area contributed by atoms with Crippen molar-refractivity contribution in [2.24, 2.45) is 4.99 Å². The fraction of sp³-hybridized carbons (Fsp3) is 0.267. The number of nitrogens with zero attached hydrogens (tertiary/aromatic N) is 1. The molecule has 4 heteroatoms. The van der Waals surface area contributed by atoms with Crippen molar-refractivity contribution >= 4 is 20.4 Å². The zero-order valence-electron chi connectivity index (χ0n) is 11.7. The summed E-state index contributed by atoms with van der Waals surface area (Å²) in [6.45, 7) is 8.21. The van der Waals surface area contributed by atoms with Crippen molar-refractivity contribution in [2.75, 3.05) is 0 Å². The molecule has 0 saturated carbocycles. The molecule has 19 heavy (non-hydrogen) atoms. The van der Waals surface area contributed by atoms with Crippen LogP contribution in [0.25, 0.3) is 0 Å². The van der Waals surface area contributed by atoms with Gasteiger partial charge in [0.25, 0.3) is 9.04 Å². The first-order chi connectivity index (χ1) is 9.08. The maximum absolute atomic E-state index is 5.91. The number of benzene rings is 1. The highest BCUT2D eigenvalue weighted by Crippen LogP contribution is 2.32. The van der Waals surface area contributed by atoms with E-state index in [-0.39, 0.29) is 0 Å². The van der Waals surface area contributed by atoms with Crippen molar-refractivity contribution in [3.63, 3.8) is 0 Å². The minimum atomic E-state index is -0.807. The first-order valence-corrected chi connectivity index (χ1v) is 8.65. The van der Waals surface area contributed by atoms with Crippen LogP contribution in [0.5, 0.6) is 5.75 Å². The zero-order chi connectivity index (χ0) is 13.8. The molecule has 0 aliphatic carbocycles. The molecule has 1 aromatic heterocycles. The summed E-state index contributed by atoms with van der Waals surface area (Å²) in [5.74, 6) is 1.64. The summed E-state index contributed by atoms with van der Waals surface area (Å²) in [5, 5.41) is 0. The van der Waals surface area contributed by atoms with Crippen molar-refractivity contribution in [3.05, 3.63) is 47.9 Å². The van der Waals surface area contributed by atoms with E-state index in [9.17, 15) is 0 Å². The average Bonchev–Trinajstić information content (AvgIpc) is 2.86. The van der Waals surface area contributed by atoms with E-state index in [0.29, 0.717) is 0 Å². The minimum absolute atomic E-state index is 0.785. The number of aryl methyl sites for hydroxylation is 1. The van der Waals surface area contributed by atoms with E-state index in [2.05, 4.69) is 18.1 Å². The maximum atomic E-state index is 5.91. The second-order valence-electron chi connectivity index (χ2n) is 4.61. The Morgan fingerprint density at radius 2 is 2.00 bits per heavy atom. The first-order valence-electron chi connectivity index (χ1n) is 6.24. The summed E-state index contributed by atoms with van der Waals surface area (Å²) in [6.07, 6.45) is 1.66. The lowest BCUT2D eigenvalue weighted by Gasteiger charge is -2.13. The molecular formula is C15H18NO2Si. The van der Waals surface area contributed by atoms with Gasteiger partial charge in [-0.25, -0.2) is 4.99 Å². The zero-order valence-corrected chi connectivity index (χ0v) is 12.7. The lowest BCUT2D eigenvalue weighted by Crippen LogP contribution is -2.11. The molecule has 0 saturated heterocycles. The largest absolute Gasteiger partial charge is 0.541 e. The normalized spacial score (nSPS) is 11.9. The third-order valence-electron chi connectivity index (χ3n) is 2.67. The highest BCUT2D eigenvalue weighted by Gasteiger charge is 2.10. The van der Waals surface area contributed by atoms with E-state index in [0.717, 1.165) is 28.5 Å². The predicted octanol–water partition coefficient (Wildman–Crippen LogP) is 4.36. The van der Waals surface area contributed by atoms with Gasteiger partial charge in [-0.15, -0.1) is 0 Å². The third-order valence-corrected chi connectivity index (χ3v) is 3.30. The van der Waals surface area contributed by atoms with Crippen LogP contribution < -0.4 is 4.43 Å². The molecule has 1 heterocycles. The molecule has 0 spiro atoms. The summed E-state index contributed by atoms with van der Waals surface area (Å²) in [7, 11) is -0.807. The van der Waals surface area contributed by atoms with Gasteiger partial charge in [-0.1, -0.05) is 12.1 Å². The van der Waals surface area contributed by atoms with Gasteiger partial charge in [0, 0.05) is 0 Å². The van der Waals surface area contributed by atoms with Gasteiger partial charge in [-0.3, -0.25) is 0 Å². The Labute approximate surface area is 115 Å². The molecule has 0 atom stereocenters. The number of rotatable bonds is 4. The van der Waals surface area contributed by atoms with E-state index in [4.69, 9.17) is 8.84 Å². The Balaban J connectivity index is 2.41. The number of aliphatic imine (C=N–C) groups is 1. The standard InChI is InChI=1S/C15H18NO2Si/c1-11-7-5-8-14(18-19(3)4)15(11)16-12(2)13-9-6-10-17-13/h5-10H,1-4H3. The summed E-state index contributed by atoms with van der Waals surface area (Å²) in [5.41, 5.74) is 2.85. The Morgan fingerprint density at radius 1 is 1.21 bits per heavy atom. The van der Waals surface area contributed by atoms with Crippen molar-refractivity contribution in [1.82, 2.24) is 0 Å². The molecule has 99 valence electrons. The molecule has 0 N–H and O–H groups in total. The number of hydrogen-bond donors (Lipinski definition) is 0. The maximum Gasteiger partial charge on any atom is 0.274 e. The molecule has 0 aliphatic rings. The monoisotopic (exact) mass is 272 g/mol. The van der Waals surface area contributed by atoms with Crippen molar-refractivity contribution in [1.29, 1.82) is 0 Å². The van der Waals surface area contributed by atoms with Crippen molar-refractivity contribution in [3.8, 4) is 5.75 Å². The second-order valence-corrected chi connectivity index (χ2v) is 6.63. The van der Waals surface area contributed by atoms with Crippen LogP contribution in [0.15, 0.2) is 46.0 Å². The Kier molecular flexibility index (Phi) is 4.22. The first kappa shape index (κ1) is 13.6. The van der Waals surface area contributed by atoms with Crippen LogP contribution in [0.4, 0.5) is 5.69 Å². The summed E-state index contributed by atoms with van der Waals surface area (Å²) in [4.78, 5) is 4.67. The van der Waals surface area contributed by atoms with Crippen LogP contribution in [0, 0.1) is 6.92 Å². The number of para-hydroxylation sites is 1. The van der Waals surface area contributed by atoms with E-state index in [1.54, 1.807) is 6.26 Å². The van der Waals surface area contributed by atoms with Gasteiger partial charge in [0.1, 0.15) is 17.2 Å². The molecule has 0 amide bonds. The third kappa shape index (κ3) is 3.35. The molecule has 0 fully saturated rings. The molecule has 1 radical (unpaired) electrons. The van der Waals surface area contributed by atoms with Gasteiger partial charge in [0.05, 0.1) is 12.0 Å². The highest BCUT2D eigenvalue weighted by molar-refractivity contribution is 6.49. The van der Waals surface area contributed by atoms with E-state index >= 15 is 0 Å². The lowest BCUT2D eigenvalue weighted by molar-refractivity contribution is 0.557. The second kappa shape index (κ2) is 5.89. The number of furan rings is 1. The van der Waals surface area contributed by atoms with Crippen LogP contribution in [-0.2, 0) is 0 Å². The topological polar surface area (TPSA) is 34.7 Å². The van der Waals surface area contributed by atoms with E-state index in [1.807, 2.05) is 44.2 Å². The van der Waals surface area contributed by atoms with Gasteiger partial charge >= 0.3 is 0 Å². The van der Waals surface area contributed by atoms with Gasteiger partial charge in [0.2, 0.25) is 0 Å². The quantitative estimate of drug-likeness (QED) is 0.612. The highest BCUT2D eigenvalue weighted by atomic mass is 28.3. The lowest BCUT2D eigenvalue weighted by atomic mass is 10.2. The average molecular weight is 272 g/mol. The Hall–Kier alpha value is -1.81. The van der Waals surface area contributed by atoms with E-state index < -0.39 is 9.04 Å². The van der Waals surface area contributed by atoms with Crippen molar-refractivity contribution < 1.29 is 8.84 Å². The van der Waals surface area contributed by atoms with Crippen LogP contribution in [0.1, 0.15) is 18.2 Å². The molecule has 1 aromatic carbocycles. The van der Waals surface area contributed by atoms with Crippen LogP contribution in [0.3, 0.4) is 0 Å². The molecule has 2 aromatic rings. The van der Waals surface area contributed by atoms with Gasteiger partial charge in [-0.05, 0) is 50.7 Å². The molecule has 2 rings (SSSR count).